The van der Waals surface area contributed by atoms with Crippen LogP contribution in [0, 0.1) is 0 Å². The molecule has 0 saturated carbocycles. The van der Waals surface area contributed by atoms with E-state index < -0.39 is 0 Å². The van der Waals surface area contributed by atoms with Gasteiger partial charge < -0.3 is 0 Å². The van der Waals surface area contributed by atoms with E-state index in [1.54, 1.807) is 0 Å². The summed E-state index contributed by atoms with van der Waals surface area (Å²) >= 11 is 0. The van der Waals surface area contributed by atoms with E-state index in [0.717, 1.165) is 0 Å². The third-order valence-electron chi connectivity index (χ3n) is 10.0. The molecule has 0 aromatic heterocycles. The smallest absolute Gasteiger partial charge is 0.0158 e. The number of rotatable bonds is 3. The first kappa shape index (κ1) is 26.0. The van der Waals surface area contributed by atoms with Crippen LogP contribution < -0.4 is 0 Å². The highest BCUT2D eigenvalue weighted by Gasteiger charge is 2.35. The highest BCUT2D eigenvalue weighted by atomic mass is 14.4. The molecule has 0 radical (unpaired) electrons. The van der Waals surface area contributed by atoms with Crippen molar-refractivity contribution < 1.29 is 0 Å². The van der Waals surface area contributed by atoms with E-state index in [1.165, 1.54) is 88.0 Å². The SMILES string of the molecule is CC1(C)c2ccccc2-c2cc(-c3cccc(-c4c5ccccc5c(-c5ccc6ccccc6c5)c5ccccc45)c3)ccc21. The molecule has 45 heavy (non-hydrogen) atoms. The molecule has 0 fully saturated rings. The Balaban J connectivity index is 1.26. The fourth-order valence-electron chi connectivity index (χ4n) is 7.85. The summed E-state index contributed by atoms with van der Waals surface area (Å²) < 4.78 is 0. The minimum Gasteiger partial charge on any atom is -0.0619 e. The zero-order valence-electron chi connectivity index (χ0n) is 25.5. The molecule has 0 N–H and O–H groups in total. The van der Waals surface area contributed by atoms with Crippen LogP contribution in [0.5, 0.6) is 0 Å². The van der Waals surface area contributed by atoms with Crippen molar-refractivity contribution in [1.82, 2.24) is 0 Å². The normalized spacial score (nSPS) is 13.3. The van der Waals surface area contributed by atoms with Crippen LogP contribution in [0.25, 0.3) is 76.8 Å². The maximum absolute atomic E-state index is 2.40. The molecule has 212 valence electrons. The van der Waals surface area contributed by atoms with Gasteiger partial charge in [-0.2, -0.15) is 0 Å². The highest BCUT2D eigenvalue weighted by molar-refractivity contribution is 6.21. The van der Waals surface area contributed by atoms with E-state index in [1.807, 2.05) is 0 Å². The Hall–Kier alpha value is -5.46. The first-order valence-corrected chi connectivity index (χ1v) is 15.9. The van der Waals surface area contributed by atoms with Crippen LogP contribution in [0.4, 0.5) is 0 Å². The van der Waals surface area contributed by atoms with Gasteiger partial charge >= 0.3 is 0 Å². The van der Waals surface area contributed by atoms with Crippen molar-refractivity contribution in [1.29, 1.82) is 0 Å². The van der Waals surface area contributed by atoms with E-state index in [4.69, 9.17) is 0 Å². The second kappa shape index (κ2) is 9.78. The molecule has 0 aliphatic heterocycles. The van der Waals surface area contributed by atoms with Crippen LogP contribution in [0.3, 0.4) is 0 Å². The van der Waals surface area contributed by atoms with E-state index >= 15 is 0 Å². The van der Waals surface area contributed by atoms with Crippen molar-refractivity contribution in [3.63, 3.8) is 0 Å². The summed E-state index contributed by atoms with van der Waals surface area (Å²) in [4.78, 5) is 0. The van der Waals surface area contributed by atoms with E-state index in [2.05, 4.69) is 172 Å². The summed E-state index contributed by atoms with van der Waals surface area (Å²) in [6, 6.07) is 58.5. The molecule has 1 aliphatic carbocycles. The van der Waals surface area contributed by atoms with E-state index in [0.29, 0.717) is 0 Å². The van der Waals surface area contributed by atoms with Gasteiger partial charge in [-0.25, -0.2) is 0 Å². The molecular weight excluding hydrogens is 540 g/mol. The lowest BCUT2D eigenvalue weighted by Gasteiger charge is -2.21. The molecule has 1 aliphatic rings. The number of benzene rings is 8. The lowest BCUT2D eigenvalue weighted by molar-refractivity contribution is 0.660. The fraction of sp³-hybridized carbons (Fsp3) is 0.0667. The average Bonchev–Trinajstić information content (AvgIpc) is 3.32. The van der Waals surface area contributed by atoms with Crippen LogP contribution in [0.1, 0.15) is 25.0 Å². The molecule has 0 heteroatoms. The van der Waals surface area contributed by atoms with E-state index in [-0.39, 0.29) is 5.41 Å². The monoisotopic (exact) mass is 572 g/mol. The minimum absolute atomic E-state index is 0.0108. The van der Waals surface area contributed by atoms with Crippen molar-refractivity contribution in [3.8, 4) is 44.5 Å². The van der Waals surface area contributed by atoms with Crippen molar-refractivity contribution in [2.75, 3.05) is 0 Å². The summed E-state index contributed by atoms with van der Waals surface area (Å²) in [6.07, 6.45) is 0. The zero-order valence-corrected chi connectivity index (χ0v) is 25.5. The third-order valence-corrected chi connectivity index (χ3v) is 10.0. The van der Waals surface area contributed by atoms with Gasteiger partial charge in [0.25, 0.3) is 0 Å². The molecule has 0 bridgehead atoms. The third kappa shape index (κ3) is 3.92. The molecule has 0 unspecified atom stereocenters. The fourth-order valence-corrected chi connectivity index (χ4v) is 7.85. The summed E-state index contributed by atoms with van der Waals surface area (Å²) in [5.74, 6) is 0. The van der Waals surface area contributed by atoms with Gasteiger partial charge in [0.2, 0.25) is 0 Å². The molecule has 0 nitrogen and oxygen atoms in total. The largest absolute Gasteiger partial charge is 0.0619 e. The summed E-state index contributed by atoms with van der Waals surface area (Å²) in [6.45, 7) is 4.69. The van der Waals surface area contributed by atoms with Gasteiger partial charge in [0.1, 0.15) is 0 Å². The summed E-state index contributed by atoms with van der Waals surface area (Å²) in [5, 5.41) is 7.65. The predicted molar refractivity (Wildman–Crippen MR) is 193 cm³/mol. The maximum atomic E-state index is 2.40. The van der Waals surface area contributed by atoms with E-state index in [9.17, 15) is 0 Å². The average molecular weight is 573 g/mol. The van der Waals surface area contributed by atoms with Crippen molar-refractivity contribution in [2.45, 2.75) is 19.3 Å². The molecule has 0 saturated heterocycles. The van der Waals surface area contributed by atoms with Gasteiger partial charge in [-0.05, 0) is 106 Å². The van der Waals surface area contributed by atoms with Crippen molar-refractivity contribution in [3.05, 3.63) is 169 Å². The Morgan fingerprint density at radius 1 is 0.333 bits per heavy atom. The lowest BCUT2D eigenvalue weighted by atomic mass is 9.82. The Bertz CT molecular complexity index is 2400. The topological polar surface area (TPSA) is 0 Å². The molecule has 0 atom stereocenters. The van der Waals surface area contributed by atoms with Gasteiger partial charge in [0.15, 0.2) is 0 Å². The second-order valence-corrected chi connectivity index (χ2v) is 12.9. The number of fused-ring (bicyclic) bond motifs is 6. The Morgan fingerprint density at radius 2 is 0.844 bits per heavy atom. The molecule has 8 aromatic carbocycles. The maximum Gasteiger partial charge on any atom is 0.0158 e. The van der Waals surface area contributed by atoms with Crippen LogP contribution in [0.2, 0.25) is 0 Å². The molecule has 8 aromatic rings. The first-order chi connectivity index (χ1) is 22.1. The van der Waals surface area contributed by atoms with Crippen molar-refractivity contribution >= 4 is 32.3 Å². The Morgan fingerprint density at radius 3 is 1.56 bits per heavy atom. The van der Waals surface area contributed by atoms with Crippen molar-refractivity contribution in [2.24, 2.45) is 0 Å². The summed E-state index contributed by atoms with van der Waals surface area (Å²) in [5.41, 5.74) is 13.1. The van der Waals surface area contributed by atoms with Crippen LogP contribution in [-0.2, 0) is 5.41 Å². The van der Waals surface area contributed by atoms with Gasteiger partial charge in [0, 0.05) is 5.41 Å². The zero-order chi connectivity index (χ0) is 30.1. The van der Waals surface area contributed by atoms with Gasteiger partial charge in [-0.15, -0.1) is 0 Å². The molecule has 0 heterocycles. The molecule has 0 amide bonds. The number of hydrogen-bond donors (Lipinski definition) is 0. The van der Waals surface area contributed by atoms with Gasteiger partial charge in [-0.1, -0.05) is 153 Å². The molecule has 9 rings (SSSR count). The Labute approximate surface area is 264 Å². The first-order valence-electron chi connectivity index (χ1n) is 15.9. The Kier molecular flexibility index (Phi) is 5.64. The second-order valence-electron chi connectivity index (χ2n) is 12.9. The minimum atomic E-state index is 0.0108. The summed E-state index contributed by atoms with van der Waals surface area (Å²) in [7, 11) is 0. The van der Waals surface area contributed by atoms with Crippen LogP contribution >= 0.6 is 0 Å². The highest BCUT2D eigenvalue weighted by Crippen LogP contribution is 2.50. The van der Waals surface area contributed by atoms with Crippen LogP contribution in [0.15, 0.2) is 158 Å². The van der Waals surface area contributed by atoms with Gasteiger partial charge in [-0.3, -0.25) is 0 Å². The standard InChI is InChI=1S/C45H32/c1-45(2)41-21-10-9-16-35(41)40-28-32(24-25-42(40)45)31-14-11-15-33(27-31)43-36-17-5-7-19-38(36)44(39-20-8-6-18-37(39)43)34-23-22-29-12-3-4-13-30(29)26-34/h3-28H,1-2H3. The molecular formula is C45H32. The molecule has 0 spiro atoms. The van der Waals surface area contributed by atoms with Gasteiger partial charge in [0.05, 0.1) is 0 Å². The number of hydrogen-bond acceptors (Lipinski definition) is 0. The van der Waals surface area contributed by atoms with Crippen LogP contribution in [-0.4, -0.2) is 0 Å². The predicted octanol–water partition coefficient (Wildman–Crippen LogP) is 12.5. The quantitative estimate of drug-likeness (QED) is 0.185. The lowest BCUT2D eigenvalue weighted by Crippen LogP contribution is -2.14.